The van der Waals surface area contributed by atoms with Gasteiger partial charge in [0, 0.05) is 22.4 Å². The van der Waals surface area contributed by atoms with Crippen molar-refractivity contribution in [2.24, 2.45) is 5.92 Å². The Morgan fingerprint density at radius 3 is 2.37 bits per heavy atom. The number of alkyl carbamates (subject to hydrolysis) is 1. The van der Waals surface area contributed by atoms with Crippen molar-refractivity contribution in [1.82, 2.24) is 20.4 Å². The van der Waals surface area contributed by atoms with Crippen molar-refractivity contribution in [3.8, 4) is 0 Å². The van der Waals surface area contributed by atoms with Crippen LogP contribution in [-0.2, 0) is 36.9 Å². The smallest absolute Gasteiger partial charge is 0.410 e. The molecule has 0 spiro atoms. The fourth-order valence-electron chi connectivity index (χ4n) is 6.36. The number of amides is 4. The molecule has 3 heterocycles. The third-order valence-electron chi connectivity index (χ3n) is 8.85. The molecule has 1 aliphatic carbocycles. The number of carboxylic acid groups (broad SMARTS) is 1. The molecule has 2 fully saturated rings. The largest absolute Gasteiger partial charge is 0.479 e. The van der Waals surface area contributed by atoms with Crippen molar-refractivity contribution in [1.29, 1.82) is 0 Å². The molecule has 12 nitrogen and oxygen atoms in total. The van der Waals surface area contributed by atoms with E-state index in [2.05, 4.69) is 10.6 Å². The molecule has 0 aromatic heterocycles. The highest BCUT2D eigenvalue weighted by atomic mass is 35.5. The number of nitrogens with zero attached hydrogens (tertiary/aromatic N) is 2. The zero-order valence-corrected chi connectivity index (χ0v) is 27.7. The molecule has 0 radical (unpaired) electrons. The molecule has 5 rings (SSSR count). The molecule has 1 unspecified atom stereocenters. The Kier molecular flexibility index (Phi) is 9.79. The highest BCUT2D eigenvalue weighted by Crippen LogP contribution is 2.45. The van der Waals surface area contributed by atoms with E-state index < -0.39 is 59.3 Å². The predicted octanol–water partition coefficient (Wildman–Crippen LogP) is 4.79. The number of hydrogen-bond donors (Lipinski definition) is 3. The fraction of sp³-hybridized carbons (Fsp3) is 0.594. The maximum absolute atomic E-state index is 14.1. The number of fused-ring (bicyclic) bond motifs is 3. The summed E-state index contributed by atoms with van der Waals surface area (Å²) in [5, 5.41) is 16.4. The number of carbonyl (C=O) groups excluding carboxylic acids is 4. The molecule has 3 N–H and O–H groups in total. The molecule has 1 saturated heterocycles. The van der Waals surface area contributed by atoms with Crippen molar-refractivity contribution in [2.45, 2.75) is 108 Å². The summed E-state index contributed by atoms with van der Waals surface area (Å²) in [7, 11) is 0. The number of rotatable bonds is 3. The highest BCUT2D eigenvalue weighted by molar-refractivity contribution is 6.34. The van der Waals surface area contributed by atoms with Gasteiger partial charge < -0.3 is 30.1 Å². The van der Waals surface area contributed by atoms with Crippen LogP contribution in [0.4, 0.5) is 9.59 Å². The molecule has 5 atom stereocenters. The van der Waals surface area contributed by atoms with Crippen LogP contribution in [-0.4, -0.2) is 80.7 Å². The monoisotopic (exact) mass is 678 g/mol. The molecule has 4 aliphatic rings. The zero-order valence-electron chi connectivity index (χ0n) is 26.1. The molecule has 250 valence electrons. The molecule has 1 aromatic rings. The van der Waals surface area contributed by atoms with E-state index in [0.29, 0.717) is 22.9 Å². The van der Waals surface area contributed by atoms with Crippen molar-refractivity contribution in [2.75, 3.05) is 6.54 Å². The van der Waals surface area contributed by atoms with Crippen LogP contribution in [0, 0.1) is 5.92 Å². The first kappa shape index (κ1) is 33.8. The summed E-state index contributed by atoms with van der Waals surface area (Å²) in [4.78, 5) is 69.0. The SMILES string of the molecule is CC(C)(C)OC(=O)N[C@H]1CCCCCC=C[C@@H]2C[C@@]2(C(=O)O)NC(=O)C2C[C@@H](OC(=O)N3Cc4c(Cl)ccc(Cl)c4C3)CN2C1=O. The van der Waals surface area contributed by atoms with E-state index in [1.807, 2.05) is 12.2 Å². The van der Waals surface area contributed by atoms with Crippen LogP contribution in [0.3, 0.4) is 0 Å². The predicted molar refractivity (Wildman–Crippen MR) is 168 cm³/mol. The summed E-state index contributed by atoms with van der Waals surface area (Å²) in [6.07, 6.45) is 4.84. The number of allylic oxidation sites excluding steroid dienone is 1. The van der Waals surface area contributed by atoms with Crippen molar-refractivity contribution in [3.05, 3.63) is 45.5 Å². The molecule has 0 bridgehead atoms. The number of carbonyl (C=O) groups is 5. The standard InChI is InChI=1S/C32H40Cl2N4O8/c1-31(2,3)46-29(43)35-24-10-8-6-4-5-7-9-18-14-32(18,28(41)42)36-26(39)25-13-19(15-38(25)27(24)40)45-30(44)37-16-20-21(17-37)23(34)12-11-22(20)33/h7,9,11-12,18-19,24-25H,4-6,8,10,13-17H2,1-3H3,(H,35,43)(H,36,39)(H,41,42)/t18-,19-,24+,25?,32-/m1/s1. The number of nitrogens with one attached hydrogen (secondary N) is 2. The van der Waals surface area contributed by atoms with Gasteiger partial charge in [0.25, 0.3) is 0 Å². The minimum atomic E-state index is -1.48. The van der Waals surface area contributed by atoms with Gasteiger partial charge in [-0.1, -0.05) is 48.2 Å². The fourth-order valence-corrected chi connectivity index (χ4v) is 6.83. The minimum absolute atomic E-state index is 0.0546. The topological polar surface area (TPSA) is 155 Å². The number of carboxylic acids is 1. The number of ether oxygens (including phenoxy) is 2. The average Bonchev–Trinajstić information content (AvgIpc) is 3.29. The van der Waals surface area contributed by atoms with Crippen molar-refractivity contribution >= 4 is 53.2 Å². The van der Waals surface area contributed by atoms with Gasteiger partial charge in [-0.15, -0.1) is 0 Å². The second-order valence-electron chi connectivity index (χ2n) is 13.4. The van der Waals surface area contributed by atoms with Gasteiger partial charge in [-0.2, -0.15) is 0 Å². The van der Waals surface area contributed by atoms with Gasteiger partial charge in [0.05, 0.1) is 19.6 Å². The molecule has 46 heavy (non-hydrogen) atoms. The summed E-state index contributed by atoms with van der Waals surface area (Å²) < 4.78 is 11.2. The molecule has 1 aromatic carbocycles. The highest BCUT2D eigenvalue weighted by Gasteiger charge is 2.61. The average molecular weight is 680 g/mol. The summed E-state index contributed by atoms with van der Waals surface area (Å²) in [5.74, 6) is -2.74. The van der Waals surface area contributed by atoms with Crippen LogP contribution >= 0.6 is 23.2 Å². The van der Waals surface area contributed by atoms with Crippen LogP contribution in [0.2, 0.25) is 10.0 Å². The van der Waals surface area contributed by atoms with E-state index in [0.717, 1.165) is 30.4 Å². The lowest BCUT2D eigenvalue weighted by Gasteiger charge is -2.30. The summed E-state index contributed by atoms with van der Waals surface area (Å²) in [6, 6.07) is 1.17. The lowest BCUT2D eigenvalue weighted by atomic mass is 10.0. The first-order valence-electron chi connectivity index (χ1n) is 15.6. The molecular weight excluding hydrogens is 639 g/mol. The van der Waals surface area contributed by atoms with Crippen molar-refractivity contribution in [3.63, 3.8) is 0 Å². The number of aliphatic carboxylic acids is 1. The Bertz CT molecular complexity index is 1410. The Balaban J connectivity index is 1.37. The Labute approximate surface area is 277 Å². The second-order valence-corrected chi connectivity index (χ2v) is 14.2. The first-order valence-corrected chi connectivity index (χ1v) is 16.4. The zero-order chi connectivity index (χ0) is 33.4. The third kappa shape index (κ3) is 7.38. The summed E-state index contributed by atoms with van der Waals surface area (Å²) in [6.45, 7) is 5.38. The van der Waals surface area contributed by atoms with Crippen molar-refractivity contribution < 1.29 is 38.6 Å². The van der Waals surface area contributed by atoms with Crippen LogP contribution in [0.1, 0.15) is 76.8 Å². The van der Waals surface area contributed by atoms with Gasteiger partial charge in [-0.3, -0.25) is 14.5 Å². The Hall–Kier alpha value is -3.51. The van der Waals surface area contributed by atoms with Crippen LogP contribution in [0.15, 0.2) is 24.3 Å². The quantitative estimate of drug-likeness (QED) is 0.386. The normalized spacial score (nSPS) is 28.2. The molecule has 1 saturated carbocycles. The van der Waals surface area contributed by atoms with E-state index in [-0.39, 0.29) is 38.4 Å². The van der Waals surface area contributed by atoms with E-state index in [4.69, 9.17) is 32.7 Å². The van der Waals surface area contributed by atoms with Gasteiger partial charge in [0.1, 0.15) is 29.3 Å². The second kappa shape index (κ2) is 13.3. The van der Waals surface area contributed by atoms with Gasteiger partial charge in [0.15, 0.2) is 0 Å². The maximum atomic E-state index is 14.1. The van der Waals surface area contributed by atoms with E-state index in [1.54, 1.807) is 32.9 Å². The lowest BCUT2D eigenvalue weighted by molar-refractivity contribution is -0.145. The van der Waals surface area contributed by atoms with Gasteiger partial charge in [-0.25, -0.2) is 14.4 Å². The van der Waals surface area contributed by atoms with Gasteiger partial charge >= 0.3 is 18.2 Å². The van der Waals surface area contributed by atoms with E-state index >= 15 is 0 Å². The maximum Gasteiger partial charge on any atom is 0.410 e. The molecular formula is C32H40Cl2N4O8. The minimum Gasteiger partial charge on any atom is -0.479 e. The number of benzene rings is 1. The lowest BCUT2D eigenvalue weighted by Crippen LogP contribution is -2.56. The van der Waals surface area contributed by atoms with Gasteiger partial charge in [-0.05, 0) is 69.7 Å². The molecule has 14 heteroatoms. The Morgan fingerprint density at radius 2 is 1.74 bits per heavy atom. The van der Waals surface area contributed by atoms with E-state index in [9.17, 15) is 29.1 Å². The van der Waals surface area contributed by atoms with Crippen LogP contribution < -0.4 is 10.6 Å². The number of halogens is 2. The number of hydrogen-bond acceptors (Lipinski definition) is 7. The van der Waals surface area contributed by atoms with Crippen LogP contribution in [0.5, 0.6) is 0 Å². The molecule has 3 aliphatic heterocycles. The van der Waals surface area contributed by atoms with Gasteiger partial charge in [0.2, 0.25) is 11.8 Å². The van der Waals surface area contributed by atoms with E-state index in [1.165, 1.54) is 9.80 Å². The summed E-state index contributed by atoms with van der Waals surface area (Å²) in [5.41, 5.74) is -0.833. The Morgan fingerprint density at radius 1 is 1.07 bits per heavy atom. The third-order valence-corrected chi connectivity index (χ3v) is 9.56. The first-order chi connectivity index (χ1) is 21.7. The molecule has 4 amide bonds. The van der Waals surface area contributed by atoms with Crippen LogP contribution in [0.25, 0.3) is 0 Å². The summed E-state index contributed by atoms with van der Waals surface area (Å²) >= 11 is 12.7.